The predicted octanol–water partition coefficient (Wildman–Crippen LogP) is 2.41. The first-order valence-electron chi connectivity index (χ1n) is 5.65. The first-order chi connectivity index (χ1) is 7.16. The summed E-state index contributed by atoms with van der Waals surface area (Å²) in [5.41, 5.74) is 1.42. The summed E-state index contributed by atoms with van der Waals surface area (Å²) in [7, 11) is 2.20. The van der Waals surface area contributed by atoms with Gasteiger partial charge >= 0.3 is 0 Å². The molecule has 0 radical (unpaired) electrons. The third-order valence-corrected chi connectivity index (χ3v) is 4.37. The van der Waals surface area contributed by atoms with Gasteiger partial charge in [-0.1, -0.05) is 0 Å². The molecule has 1 aliphatic heterocycles. The Balaban J connectivity index is 1.92. The van der Waals surface area contributed by atoms with Crippen LogP contribution in [0.3, 0.4) is 0 Å². The van der Waals surface area contributed by atoms with Gasteiger partial charge in [-0.05, 0) is 50.9 Å². The highest BCUT2D eigenvalue weighted by Gasteiger charge is 2.21. The maximum absolute atomic E-state index is 3.72. The Bertz CT molecular complexity index is 321. The molecule has 1 aromatic rings. The fourth-order valence-electron chi connectivity index (χ4n) is 2.33. The van der Waals surface area contributed by atoms with Crippen molar-refractivity contribution in [3.05, 3.63) is 21.9 Å². The van der Waals surface area contributed by atoms with Crippen molar-refractivity contribution >= 4 is 11.3 Å². The fraction of sp³-hybridized carbons (Fsp3) is 0.667. The summed E-state index contributed by atoms with van der Waals surface area (Å²) in [4.78, 5) is 3.88. The van der Waals surface area contributed by atoms with Crippen molar-refractivity contribution in [2.75, 3.05) is 20.1 Å². The highest BCUT2D eigenvalue weighted by molar-refractivity contribution is 7.10. The van der Waals surface area contributed by atoms with Crippen LogP contribution in [-0.2, 0) is 0 Å². The lowest BCUT2D eigenvalue weighted by Crippen LogP contribution is -2.33. The van der Waals surface area contributed by atoms with Gasteiger partial charge in [0, 0.05) is 23.5 Å². The van der Waals surface area contributed by atoms with Crippen LogP contribution in [0.25, 0.3) is 0 Å². The Morgan fingerprint density at radius 3 is 2.93 bits per heavy atom. The van der Waals surface area contributed by atoms with Crippen molar-refractivity contribution < 1.29 is 0 Å². The minimum Gasteiger partial charge on any atom is -0.305 e. The lowest BCUT2D eigenvalue weighted by molar-refractivity contribution is 0.388. The first-order valence-corrected chi connectivity index (χ1v) is 6.53. The van der Waals surface area contributed by atoms with E-state index in [0.717, 1.165) is 0 Å². The molecule has 0 aromatic carbocycles. The zero-order valence-corrected chi connectivity index (χ0v) is 10.6. The quantitative estimate of drug-likeness (QED) is 0.848. The number of aryl methyl sites for hydroxylation is 1. The molecule has 0 unspecified atom stereocenters. The number of likely N-dealkylation sites (N-methyl/N-ethyl adjacent to an activating group) is 1. The average molecular weight is 224 g/mol. The predicted molar refractivity (Wildman–Crippen MR) is 66.5 cm³/mol. The normalized spacial score (nSPS) is 24.6. The van der Waals surface area contributed by atoms with Gasteiger partial charge in [-0.15, -0.1) is 11.3 Å². The van der Waals surface area contributed by atoms with Crippen LogP contribution in [0.1, 0.15) is 29.8 Å². The van der Waals surface area contributed by atoms with E-state index >= 15 is 0 Å². The number of hydrogen-bond acceptors (Lipinski definition) is 3. The molecule has 0 bridgehead atoms. The van der Waals surface area contributed by atoms with Gasteiger partial charge in [-0.3, -0.25) is 0 Å². The highest BCUT2D eigenvalue weighted by atomic mass is 32.1. The lowest BCUT2D eigenvalue weighted by Gasteiger charge is -2.19. The molecule has 84 valence electrons. The topological polar surface area (TPSA) is 15.3 Å². The van der Waals surface area contributed by atoms with Crippen LogP contribution < -0.4 is 5.32 Å². The van der Waals surface area contributed by atoms with E-state index in [4.69, 9.17) is 0 Å². The molecule has 1 aliphatic rings. The smallest absolute Gasteiger partial charge is 0.0391 e. The molecule has 2 heterocycles. The van der Waals surface area contributed by atoms with Crippen molar-refractivity contribution in [3.63, 3.8) is 0 Å². The summed E-state index contributed by atoms with van der Waals surface area (Å²) in [6.45, 7) is 6.89. The van der Waals surface area contributed by atoms with Crippen LogP contribution in [-0.4, -0.2) is 31.1 Å². The lowest BCUT2D eigenvalue weighted by atomic mass is 10.1. The zero-order chi connectivity index (χ0) is 10.8. The Morgan fingerprint density at radius 1 is 1.60 bits per heavy atom. The maximum Gasteiger partial charge on any atom is 0.0391 e. The number of thiophene rings is 1. The zero-order valence-electron chi connectivity index (χ0n) is 9.79. The van der Waals surface area contributed by atoms with Gasteiger partial charge in [0.2, 0.25) is 0 Å². The summed E-state index contributed by atoms with van der Waals surface area (Å²) in [6, 6.07) is 3.38. The molecule has 0 amide bonds. The standard InChI is InChI=1S/C12H20N2S/c1-9-5-7-15-12(9)10(2)13-11-4-6-14(3)8-11/h5,7,10-11,13H,4,6,8H2,1-3H3/t10-,11+/m0/s1. The van der Waals surface area contributed by atoms with Gasteiger partial charge in [0.1, 0.15) is 0 Å². The van der Waals surface area contributed by atoms with E-state index in [0.29, 0.717) is 12.1 Å². The van der Waals surface area contributed by atoms with Gasteiger partial charge in [0.15, 0.2) is 0 Å². The number of rotatable bonds is 3. The molecule has 3 heteroatoms. The molecule has 0 spiro atoms. The Morgan fingerprint density at radius 2 is 2.40 bits per heavy atom. The van der Waals surface area contributed by atoms with Crippen molar-refractivity contribution in [1.82, 2.24) is 10.2 Å². The summed E-state index contributed by atoms with van der Waals surface area (Å²) in [5, 5.41) is 5.91. The molecule has 1 aromatic heterocycles. The van der Waals surface area contributed by atoms with E-state index in [-0.39, 0.29) is 0 Å². The largest absolute Gasteiger partial charge is 0.305 e. The van der Waals surface area contributed by atoms with Gasteiger partial charge in [0.25, 0.3) is 0 Å². The summed E-state index contributed by atoms with van der Waals surface area (Å²) in [6.07, 6.45) is 1.28. The molecule has 2 atom stereocenters. The van der Waals surface area contributed by atoms with E-state index in [1.807, 2.05) is 11.3 Å². The van der Waals surface area contributed by atoms with E-state index in [1.165, 1.54) is 30.0 Å². The van der Waals surface area contributed by atoms with Crippen LogP contribution in [0.15, 0.2) is 11.4 Å². The average Bonchev–Trinajstić information content (AvgIpc) is 2.75. The molecule has 15 heavy (non-hydrogen) atoms. The molecule has 0 saturated carbocycles. The van der Waals surface area contributed by atoms with Crippen molar-refractivity contribution in [2.24, 2.45) is 0 Å². The second kappa shape index (κ2) is 4.64. The summed E-state index contributed by atoms with van der Waals surface area (Å²) < 4.78 is 0. The van der Waals surface area contributed by atoms with E-state index < -0.39 is 0 Å². The van der Waals surface area contributed by atoms with Crippen LogP contribution in [0.2, 0.25) is 0 Å². The minimum absolute atomic E-state index is 0.501. The third kappa shape index (κ3) is 2.60. The van der Waals surface area contributed by atoms with Gasteiger partial charge in [-0.2, -0.15) is 0 Å². The molecule has 0 aliphatic carbocycles. The van der Waals surface area contributed by atoms with E-state index in [2.05, 4.69) is 42.6 Å². The second-order valence-corrected chi connectivity index (χ2v) is 5.55. The van der Waals surface area contributed by atoms with Crippen molar-refractivity contribution in [3.8, 4) is 0 Å². The summed E-state index contributed by atoms with van der Waals surface area (Å²) in [5.74, 6) is 0. The fourth-order valence-corrected chi connectivity index (χ4v) is 3.27. The molecule has 1 saturated heterocycles. The molecular weight excluding hydrogens is 204 g/mol. The Kier molecular flexibility index (Phi) is 3.44. The van der Waals surface area contributed by atoms with Crippen molar-refractivity contribution in [2.45, 2.75) is 32.4 Å². The number of likely N-dealkylation sites (tertiary alicyclic amines) is 1. The van der Waals surface area contributed by atoms with Gasteiger partial charge in [-0.25, -0.2) is 0 Å². The maximum atomic E-state index is 3.72. The highest BCUT2D eigenvalue weighted by Crippen LogP contribution is 2.24. The molecular formula is C12H20N2S. The number of nitrogens with zero attached hydrogens (tertiary/aromatic N) is 1. The first kappa shape index (κ1) is 11.1. The SMILES string of the molecule is Cc1ccsc1[C@H](C)N[C@@H]1CCN(C)C1. The Labute approximate surface area is 96.3 Å². The monoisotopic (exact) mass is 224 g/mol. The van der Waals surface area contributed by atoms with Gasteiger partial charge < -0.3 is 10.2 Å². The molecule has 2 nitrogen and oxygen atoms in total. The molecule has 1 fully saturated rings. The Hall–Kier alpha value is -0.380. The van der Waals surface area contributed by atoms with E-state index in [1.54, 1.807) is 0 Å². The number of nitrogens with one attached hydrogen (secondary N) is 1. The second-order valence-electron chi connectivity index (χ2n) is 4.60. The summed E-state index contributed by atoms with van der Waals surface area (Å²) >= 11 is 1.87. The third-order valence-electron chi connectivity index (χ3n) is 3.17. The van der Waals surface area contributed by atoms with Crippen LogP contribution in [0.5, 0.6) is 0 Å². The number of hydrogen-bond donors (Lipinski definition) is 1. The van der Waals surface area contributed by atoms with Gasteiger partial charge in [0.05, 0.1) is 0 Å². The van der Waals surface area contributed by atoms with Crippen LogP contribution in [0, 0.1) is 6.92 Å². The molecule has 2 rings (SSSR count). The van der Waals surface area contributed by atoms with Crippen molar-refractivity contribution in [1.29, 1.82) is 0 Å². The van der Waals surface area contributed by atoms with Crippen LogP contribution >= 0.6 is 11.3 Å². The molecule has 1 N–H and O–H groups in total. The van der Waals surface area contributed by atoms with E-state index in [9.17, 15) is 0 Å². The van der Waals surface area contributed by atoms with Crippen LogP contribution in [0.4, 0.5) is 0 Å². The minimum atomic E-state index is 0.501.